The van der Waals surface area contributed by atoms with E-state index in [1.807, 2.05) is 0 Å². The Balaban J connectivity index is 2.96. The van der Waals surface area contributed by atoms with Crippen LogP contribution in [0.4, 0.5) is 0 Å². The summed E-state index contributed by atoms with van der Waals surface area (Å²) in [7, 11) is 1.52. The average Bonchev–Trinajstić information content (AvgIpc) is 2.04. The lowest BCUT2D eigenvalue weighted by Crippen LogP contribution is -1.90. The number of rotatable bonds is 2. The summed E-state index contributed by atoms with van der Waals surface area (Å²) < 4.78 is 4.87. The maximum atomic E-state index is 10.4. The second-order valence-electron chi connectivity index (χ2n) is 1.83. The Labute approximate surface area is 59.3 Å². The smallest absolute Gasteiger partial charge is 0.142 e. The molecule has 0 saturated carbocycles. The van der Waals surface area contributed by atoms with Gasteiger partial charge >= 0.3 is 0 Å². The van der Waals surface area contributed by atoms with Crippen LogP contribution < -0.4 is 4.74 Å². The SMILES string of the molecule is COc1cnccc1C[O]. The van der Waals surface area contributed by atoms with Crippen LogP contribution in [0.25, 0.3) is 0 Å². The molecule has 53 valence electrons. The summed E-state index contributed by atoms with van der Waals surface area (Å²) >= 11 is 0. The highest BCUT2D eigenvalue weighted by Crippen LogP contribution is 2.14. The number of nitrogens with zero attached hydrogens (tertiary/aromatic N) is 1. The van der Waals surface area contributed by atoms with Gasteiger partial charge < -0.3 is 4.74 Å². The van der Waals surface area contributed by atoms with Crippen molar-refractivity contribution in [2.75, 3.05) is 7.11 Å². The van der Waals surface area contributed by atoms with E-state index >= 15 is 0 Å². The van der Waals surface area contributed by atoms with Crippen LogP contribution in [0.5, 0.6) is 5.75 Å². The number of aromatic nitrogens is 1. The van der Waals surface area contributed by atoms with Crippen molar-refractivity contribution in [3.8, 4) is 5.75 Å². The first-order chi connectivity index (χ1) is 4.88. The third kappa shape index (κ3) is 1.25. The molecule has 0 unspecified atom stereocenters. The molecule has 0 aliphatic heterocycles. The minimum absolute atomic E-state index is 0.258. The Bertz CT molecular complexity index is 190. The number of hydrogen-bond acceptors (Lipinski definition) is 2. The Morgan fingerprint density at radius 2 is 2.50 bits per heavy atom. The zero-order valence-corrected chi connectivity index (χ0v) is 5.70. The highest BCUT2D eigenvalue weighted by Gasteiger charge is 1.98. The van der Waals surface area contributed by atoms with E-state index < -0.39 is 0 Å². The molecular formula is C7H8NO2. The fourth-order valence-electron chi connectivity index (χ4n) is 0.712. The van der Waals surface area contributed by atoms with Gasteiger partial charge in [0, 0.05) is 11.8 Å². The first-order valence-corrected chi connectivity index (χ1v) is 2.93. The van der Waals surface area contributed by atoms with E-state index in [1.54, 1.807) is 12.3 Å². The lowest BCUT2D eigenvalue weighted by Gasteiger charge is -2.01. The number of methoxy groups -OCH3 is 1. The first kappa shape index (κ1) is 7.02. The monoisotopic (exact) mass is 138 g/mol. The zero-order valence-electron chi connectivity index (χ0n) is 5.70. The van der Waals surface area contributed by atoms with Crippen molar-refractivity contribution in [3.05, 3.63) is 24.0 Å². The predicted octanol–water partition coefficient (Wildman–Crippen LogP) is 1.02. The maximum absolute atomic E-state index is 10.4. The van der Waals surface area contributed by atoms with E-state index in [1.165, 1.54) is 13.3 Å². The van der Waals surface area contributed by atoms with Crippen LogP contribution in [-0.2, 0) is 11.7 Å². The van der Waals surface area contributed by atoms with Crippen molar-refractivity contribution in [1.82, 2.24) is 4.98 Å². The van der Waals surface area contributed by atoms with Crippen molar-refractivity contribution < 1.29 is 9.84 Å². The van der Waals surface area contributed by atoms with Gasteiger partial charge in [-0.05, 0) is 6.07 Å². The highest BCUT2D eigenvalue weighted by molar-refractivity contribution is 5.28. The molecule has 0 aromatic carbocycles. The Morgan fingerprint density at radius 1 is 1.70 bits per heavy atom. The Morgan fingerprint density at radius 3 is 3.00 bits per heavy atom. The Hall–Kier alpha value is -1.09. The molecule has 0 amide bonds. The van der Waals surface area contributed by atoms with Gasteiger partial charge in [-0.1, -0.05) is 0 Å². The van der Waals surface area contributed by atoms with Gasteiger partial charge in [0.2, 0.25) is 0 Å². The van der Waals surface area contributed by atoms with Crippen LogP contribution >= 0.6 is 0 Å². The summed E-state index contributed by atoms with van der Waals surface area (Å²) in [6.07, 6.45) is 3.11. The second-order valence-corrected chi connectivity index (χ2v) is 1.83. The molecule has 0 fully saturated rings. The van der Waals surface area contributed by atoms with Gasteiger partial charge in [-0.3, -0.25) is 4.98 Å². The summed E-state index contributed by atoms with van der Waals surface area (Å²) in [4.78, 5) is 3.80. The molecule has 3 heteroatoms. The number of ether oxygens (including phenoxy) is 1. The molecule has 0 saturated heterocycles. The van der Waals surface area contributed by atoms with E-state index in [-0.39, 0.29) is 6.61 Å². The van der Waals surface area contributed by atoms with Crippen LogP contribution in [0, 0.1) is 0 Å². The summed E-state index contributed by atoms with van der Waals surface area (Å²) in [6, 6.07) is 1.66. The van der Waals surface area contributed by atoms with Crippen LogP contribution in [0.2, 0.25) is 0 Å². The number of hydrogen-bond donors (Lipinski definition) is 0. The molecule has 1 aromatic heterocycles. The molecule has 3 nitrogen and oxygen atoms in total. The van der Waals surface area contributed by atoms with E-state index in [4.69, 9.17) is 4.74 Å². The third-order valence-electron chi connectivity index (χ3n) is 1.25. The van der Waals surface area contributed by atoms with Crippen LogP contribution in [0.15, 0.2) is 18.5 Å². The first-order valence-electron chi connectivity index (χ1n) is 2.93. The van der Waals surface area contributed by atoms with Crippen molar-refractivity contribution in [2.24, 2.45) is 0 Å². The topological polar surface area (TPSA) is 42.0 Å². The predicted molar refractivity (Wildman–Crippen MR) is 35.2 cm³/mol. The van der Waals surface area contributed by atoms with Crippen molar-refractivity contribution >= 4 is 0 Å². The molecule has 0 aliphatic rings. The Kier molecular flexibility index (Phi) is 2.23. The van der Waals surface area contributed by atoms with E-state index in [0.717, 1.165) is 0 Å². The molecule has 10 heavy (non-hydrogen) atoms. The summed E-state index contributed by atoms with van der Waals surface area (Å²) in [5.74, 6) is 0.567. The molecule has 1 radical (unpaired) electrons. The third-order valence-corrected chi connectivity index (χ3v) is 1.25. The lowest BCUT2D eigenvalue weighted by atomic mass is 10.3. The van der Waals surface area contributed by atoms with Gasteiger partial charge in [0.25, 0.3) is 0 Å². The summed E-state index contributed by atoms with van der Waals surface area (Å²) in [6.45, 7) is -0.258. The van der Waals surface area contributed by atoms with Crippen LogP contribution in [-0.4, -0.2) is 12.1 Å². The fraction of sp³-hybridized carbons (Fsp3) is 0.286. The quantitative estimate of drug-likeness (QED) is 0.612. The van der Waals surface area contributed by atoms with E-state index in [9.17, 15) is 5.11 Å². The molecule has 1 heterocycles. The summed E-state index contributed by atoms with van der Waals surface area (Å²) in [5.41, 5.74) is 0.650. The molecule has 0 bridgehead atoms. The van der Waals surface area contributed by atoms with Crippen molar-refractivity contribution in [2.45, 2.75) is 6.61 Å². The standard InChI is InChI=1S/C7H8NO2/c1-10-7-4-8-3-2-6(7)5-9/h2-4H,5H2,1H3. The van der Waals surface area contributed by atoms with Gasteiger partial charge in [-0.15, -0.1) is 0 Å². The molecule has 1 rings (SSSR count). The molecule has 0 spiro atoms. The largest absolute Gasteiger partial charge is 0.495 e. The van der Waals surface area contributed by atoms with Gasteiger partial charge in [0.05, 0.1) is 13.3 Å². The van der Waals surface area contributed by atoms with Gasteiger partial charge in [0.15, 0.2) is 0 Å². The molecular weight excluding hydrogens is 130 g/mol. The number of pyridine rings is 1. The summed E-state index contributed by atoms with van der Waals surface area (Å²) in [5, 5.41) is 10.4. The minimum atomic E-state index is -0.258. The van der Waals surface area contributed by atoms with E-state index in [0.29, 0.717) is 11.3 Å². The van der Waals surface area contributed by atoms with Crippen LogP contribution in [0.3, 0.4) is 0 Å². The van der Waals surface area contributed by atoms with Gasteiger partial charge in [-0.25, -0.2) is 5.11 Å². The average molecular weight is 138 g/mol. The van der Waals surface area contributed by atoms with E-state index in [2.05, 4.69) is 4.98 Å². The molecule has 0 aliphatic carbocycles. The van der Waals surface area contributed by atoms with Gasteiger partial charge in [-0.2, -0.15) is 0 Å². The zero-order chi connectivity index (χ0) is 7.40. The fourth-order valence-corrected chi connectivity index (χ4v) is 0.712. The molecule has 0 N–H and O–H groups in total. The van der Waals surface area contributed by atoms with Crippen molar-refractivity contribution in [3.63, 3.8) is 0 Å². The highest BCUT2D eigenvalue weighted by atomic mass is 16.5. The minimum Gasteiger partial charge on any atom is -0.495 e. The van der Waals surface area contributed by atoms with Gasteiger partial charge in [0.1, 0.15) is 12.4 Å². The van der Waals surface area contributed by atoms with Crippen molar-refractivity contribution in [1.29, 1.82) is 0 Å². The molecule has 1 aromatic rings. The van der Waals surface area contributed by atoms with Crippen LogP contribution in [0.1, 0.15) is 5.56 Å². The molecule has 0 atom stereocenters. The normalized spacial score (nSPS) is 9.40. The lowest BCUT2D eigenvalue weighted by molar-refractivity contribution is 0.174. The maximum Gasteiger partial charge on any atom is 0.142 e. The second kappa shape index (κ2) is 3.17.